The zero-order valence-electron chi connectivity index (χ0n) is 13.5. The van der Waals surface area contributed by atoms with Crippen molar-refractivity contribution in [2.75, 3.05) is 26.3 Å². The molecular weight excluding hydrogens is 290 g/mol. The van der Waals surface area contributed by atoms with Gasteiger partial charge < -0.3 is 14.6 Å². The standard InChI is InChI=1S/C18H23N3O2/c1-20-10-7-13-14(5-4-6-16(13)20)18(22)19-15-11-23-12-17(15)21-8-2-3-9-21/h4-7,10,15,17H,2-3,8-9,11-12H2,1H3,(H,19,22)/t15-,17-/m0/s1. The monoisotopic (exact) mass is 313 g/mol. The van der Waals surface area contributed by atoms with E-state index in [0.29, 0.717) is 12.6 Å². The molecular formula is C18H23N3O2. The molecule has 0 radical (unpaired) electrons. The summed E-state index contributed by atoms with van der Waals surface area (Å²) in [6, 6.07) is 8.29. The highest BCUT2D eigenvalue weighted by Gasteiger charge is 2.35. The molecule has 5 heteroatoms. The van der Waals surface area contributed by atoms with Crippen LogP contribution in [0.2, 0.25) is 0 Å². The van der Waals surface area contributed by atoms with Crippen LogP contribution in [0.3, 0.4) is 0 Å². The third-order valence-corrected chi connectivity index (χ3v) is 5.15. The van der Waals surface area contributed by atoms with Crippen LogP contribution in [-0.2, 0) is 11.8 Å². The predicted molar refractivity (Wildman–Crippen MR) is 89.6 cm³/mol. The predicted octanol–water partition coefficient (Wildman–Crippen LogP) is 1.77. The molecule has 0 saturated carbocycles. The minimum absolute atomic E-state index is 0.00139. The first-order valence-corrected chi connectivity index (χ1v) is 8.41. The van der Waals surface area contributed by atoms with Crippen molar-refractivity contribution in [1.82, 2.24) is 14.8 Å². The summed E-state index contributed by atoms with van der Waals surface area (Å²) in [5.74, 6) is 0.00139. The molecule has 2 atom stereocenters. The number of carbonyl (C=O) groups is 1. The molecule has 5 nitrogen and oxygen atoms in total. The van der Waals surface area contributed by atoms with E-state index in [1.165, 1.54) is 12.8 Å². The number of amides is 1. The highest BCUT2D eigenvalue weighted by Crippen LogP contribution is 2.22. The van der Waals surface area contributed by atoms with Gasteiger partial charge in [0.15, 0.2) is 0 Å². The van der Waals surface area contributed by atoms with E-state index >= 15 is 0 Å². The van der Waals surface area contributed by atoms with Crippen molar-refractivity contribution >= 4 is 16.8 Å². The summed E-state index contributed by atoms with van der Waals surface area (Å²) in [6.45, 7) is 3.57. The Morgan fingerprint density at radius 1 is 1.22 bits per heavy atom. The zero-order chi connectivity index (χ0) is 15.8. The van der Waals surface area contributed by atoms with Gasteiger partial charge in [-0.2, -0.15) is 0 Å². The summed E-state index contributed by atoms with van der Waals surface area (Å²) in [5, 5.41) is 4.21. The van der Waals surface area contributed by atoms with Gasteiger partial charge in [-0.25, -0.2) is 0 Å². The average molecular weight is 313 g/mol. The number of fused-ring (bicyclic) bond motifs is 1. The Bertz CT molecular complexity index is 718. The number of benzene rings is 1. The Kier molecular flexibility index (Phi) is 3.83. The first kappa shape index (κ1) is 14.7. The lowest BCUT2D eigenvalue weighted by molar-refractivity contribution is 0.0918. The van der Waals surface area contributed by atoms with E-state index in [-0.39, 0.29) is 11.9 Å². The Morgan fingerprint density at radius 3 is 2.87 bits per heavy atom. The molecule has 2 fully saturated rings. The molecule has 122 valence electrons. The van der Waals surface area contributed by atoms with Gasteiger partial charge in [-0.15, -0.1) is 0 Å². The van der Waals surface area contributed by atoms with E-state index in [1.54, 1.807) is 0 Å². The summed E-state index contributed by atoms with van der Waals surface area (Å²) in [5.41, 5.74) is 1.83. The van der Waals surface area contributed by atoms with Gasteiger partial charge in [-0.05, 0) is 44.1 Å². The van der Waals surface area contributed by atoms with E-state index < -0.39 is 0 Å². The number of hydrogen-bond donors (Lipinski definition) is 1. The molecule has 0 spiro atoms. The van der Waals surface area contributed by atoms with Gasteiger partial charge in [0.1, 0.15) is 0 Å². The summed E-state index contributed by atoms with van der Waals surface area (Å²) < 4.78 is 7.69. The second-order valence-corrected chi connectivity index (χ2v) is 6.59. The van der Waals surface area contributed by atoms with Gasteiger partial charge in [-0.3, -0.25) is 9.69 Å². The smallest absolute Gasteiger partial charge is 0.252 e. The maximum Gasteiger partial charge on any atom is 0.252 e. The summed E-state index contributed by atoms with van der Waals surface area (Å²) in [7, 11) is 2.00. The van der Waals surface area contributed by atoms with E-state index in [0.717, 1.165) is 36.2 Å². The van der Waals surface area contributed by atoms with Gasteiger partial charge >= 0.3 is 0 Å². The topological polar surface area (TPSA) is 46.5 Å². The zero-order valence-corrected chi connectivity index (χ0v) is 13.5. The number of carbonyl (C=O) groups excluding carboxylic acids is 1. The Labute approximate surface area is 136 Å². The number of hydrogen-bond acceptors (Lipinski definition) is 3. The van der Waals surface area contributed by atoms with Gasteiger partial charge in [0.2, 0.25) is 0 Å². The van der Waals surface area contributed by atoms with Gasteiger partial charge in [0.25, 0.3) is 5.91 Å². The molecule has 2 saturated heterocycles. The van der Waals surface area contributed by atoms with Gasteiger partial charge in [0, 0.05) is 29.7 Å². The lowest BCUT2D eigenvalue weighted by atomic mass is 10.1. The van der Waals surface area contributed by atoms with Crippen LogP contribution in [0, 0.1) is 0 Å². The number of nitrogens with one attached hydrogen (secondary N) is 1. The lowest BCUT2D eigenvalue weighted by Crippen LogP contribution is -2.50. The van der Waals surface area contributed by atoms with E-state index in [9.17, 15) is 4.79 Å². The number of likely N-dealkylation sites (tertiary alicyclic amines) is 1. The first-order chi connectivity index (χ1) is 11.2. The van der Waals surface area contributed by atoms with Crippen LogP contribution in [-0.4, -0.2) is 53.8 Å². The van der Waals surface area contributed by atoms with E-state index in [2.05, 4.69) is 10.2 Å². The number of nitrogens with zero attached hydrogens (tertiary/aromatic N) is 2. The molecule has 3 heterocycles. The van der Waals surface area contributed by atoms with Crippen LogP contribution in [0.15, 0.2) is 30.5 Å². The van der Waals surface area contributed by atoms with Crippen LogP contribution in [0.5, 0.6) is 0 Å². The SMILES string of the molecule is Cn1ccc2c(C(=O)N[C@H]3COC[C@@H]3N3CCCC3)cccc21. The second-order valence-electron chi connectivity index (χ2n) is 6.59. The largest absolute Gasteiger partial charge is 0.378 e. The average Bonchev–Trinajstić information content (AvgIpc) is 3.28. The second kappa shape index (κ2) is 5.98. The van der Waals surface area contributed by atoms with Crippen molar-refractivity contribution in [3.05, 3.63) is 36.0 Å². The molecule has 1 aromatic carbocycles. The molecule has 2 aromatic rings. The summed E-state index contributed by atoms with van der Waals surface area (Å²) in [6.07, 6.45) is 4.49. The third kappa shape index (κ3) is 2.64. The molecule has 0 aliphatic carbocycles. The van der Waals surface area contributed by atoms with Crippen LogP contribution in [0.1, 0.15) is 23.2 Å². The molecule has 2 aliphatic heterocycles. The van der Waals surface area contributed by atoms with Crippen molar-refractivity contribution < 1.29 is 9.53 Å². The molecule has 23 heavy (non-hydrogen) atoms. The first-order valence-electron chi connectivity index (χ1n) is 8.41. The molecule has 2 aliphatic rings. The number of aromatic nitrogens is 1. The Morgan fingerprint density at radius 2 is 2.04 bits per heavy atom. The summed E-state index contributed by atoms with van der Waals surface area (Å²) in [4.78, 5) is 15.2. The molecule has 1 aromatic heterocycles. The van der Waals surface area contributed by atoms with Crippen LogP contribution < -0.4 is 5.32 Å². The maximum absolute atomic E-state index is 12.8. The number of ether oxygens (including phenoxy) is 1. The quantitative estimate of drug-likeness (QED) is 0.939. The fraction of sp³-hybridized carbons (Fsp3) is 0.500. The highest BCUT2D eigenvalue weighted by atomic mass is 16.5. The normalized spacial score (nSPS) is 25.3. The molecule has 0 unspecified atom stereocenters. The molecule has 0 bridgehead atoms. The minimum Gasteiger partial charge on any atom is -0.378 e. The number of rotatable bonds is 3. The third-order valence-electron chi connectivity index (χ3n) is 5.15. The summed E-state index contributed by atoms with van der Waals surface area (Å²) >= 11 is 0. The van der Waals surface area contributed by atoms with E-state index in [4.69, 9.17) is 4.74 Å². The molecule has 4 rings (SSSR count). The minimum atomic E-state index is 0.00139. The van der Waals surface area contributed by atoms with Crippen LogP contribution in [0.4, 0.5) is 0 Å². The molecule has 1 N–H and O–H groups in total. The lowest BCUT2D eigenvalue weighted by Gasteiger charge is -2.28. The Balaban J connectivity index is 1.54. The van der Waals surface area contributed by atoms with Crippen molar-refractivity contribution in [2.45, 2.75) is 24.9 Å². The van der Waals surface area contributed by atoms with Crippen LogP contribution >= 0.6 is 0 Å². The molecule has 1 amide bonds. The van der Waals surface area contributed by atoms with Gasteiger partial charge in [0.05, 0.1) is 25.3 Å². The fourth-order valence-electron chi connectivity index (χ4n) is 3.86. The maximum atomic E-state index is 12.8. The van der Waals surface area contributed by atoms with Crippen molar-refractivity contribution in [3.8, 4) is 0 Å². The highest BCUT2D eigenvalue weighted by molar-refractivity contribution is 6.06. The number of aryl methyl sites for hydroxylation is 1. The van der Waals surface area contributed by atoms with Crippen LogP contribution in [0.25, 0.3) is 10.9 Å². The fourth-order valence-corrected chi connectivity index (χ4v) is 3.86. The van der Waals surface area contributed by atoms with E-state index in [1.807, 2.05) is 42.1 Å². The van der Waals surface area contributed by atoms with Gasteiger partial charge in [-0.1, -0.05) is 6.07 Å². The van der Waals surface area contributed by atoms with Crippen molar-refractivity contribution in [3.63, 3.8) is 0 Å². The van der Waals surface area contributed by atoms with Crippen molar-refractivity contribution in [2.24, 2.45) is 7.05 Å². The van der Waals surface area contributed by atoms with Crippen molar-refractivity contribution in [1.29, 1.82) is 0 Å². The Hall–Kier alpha value is -1.85.